The molecule has 0 amide bonds. The van der Waals surface area contributed by atoms with Crippen molar-refractivity contribution in [2.75, 3.05) is 0 Å². The zero-order valence-corrected chi connectivity index (χ0v) is 14.9. The highest BCUT2D eigenvalue weighted by Crippen LogP contribution is 2.22. The highest BCUT2D eigenvalue weighted by molar-refractivity contribution is 8.02. The van der Waals surface area contributed by atoms with E-state index in [-0.39, 0.29) is 11.4 Å². The van der Waals surface area contributed by atoms with Crippen LogP contribution in [0.1, 0.15) is 25.5 Å². The van der Waals surface area contributed by atoms with E-state index in [9.17, 15) is 14.9 Å². The van der Waals surface area contributed by atoms with E-state index in [1.807, 2.05) is 18.2 Å². The Morgan fingerprint density at radius 2 is 2.12 bits per heavy atom. The van der Waals surface area contributed by atoms with E-state index in [0.717, 1.165) is 12.8 Å². The van der Waals surface area contributed by atoms with Crippen molar-refractivity contribution in [3.63, 3.8) is 0 Å². The average molecular weight is 371 g/mol. The van der Waals surface area contributed by atoms with Gasteiger partial charge in [-0.2, -0.15) is 0 Å². The van der Waals surface area contributed by atoms with Crippen LogP contribution in [0.3, 0.4) is 0 Å². The van der Waals surface area contributed by atoms with Crippen LogP contribution < -0.4 is 5.56 Å². The highest BCUT2D eigenvalue weighted by atomic mass is 32.2. The molecule has 0 radical (unpaired) electrons. The van der Waals surface area contributed by atoms with E-state index in [4.69, 9.17) is 4.42 Å². The monoisotopic (exact) mass is 371 g/mol. The summed E-state index contributed by atoms with van der Waals surface area (Å²) in [6, 6.07) is 10.1. The van der Waals surface area contributed by atoms with E-state index in [0.29, 0.717) is 28.4 Å². The molecule has 0 unspecified atom stereocenters. The van der Waals surface area contributed by atoms with Crippen LogP contribution >= 0.6 is 11.8 Å². The number of aromatic nitrogens is 2. The van der Waals surface area contributed by atoms with Crippen LogP contribution in [-0.4, -0.2) is 14.5 Å². The van der Waals surface area contributed by atoms with Crippen LogP contribution in [0.25, 0.3) is 17.0 Å². The predicted octanol–water partition coefficient (Wildman–Crippen LogP) is 4.46. The van der Waals surface area contributed by atoms with Gasteiger partial charge < -0.3 is 4.42 Å². The van der Waals surface area contributed by atoms with Crippen molar-refractivity contribution in [3.8, 4) is 0 Å². The lowest BCUT2D eigenvalue weighted by Crippen LogP contribution is -2.23. The lowest BCUT2D eigenvalue weighted by Gasteiger charge is -2.11. The first-order chi connectivity index (χ1) is 12.6. The van der Waals surface area contributed by atoms with Gasteiger partial charge in [0.15, 0.2) is 5.16 Å². The maximum Gasteiger partial charge on any atom is 0.433 e. The molecular weight excluding hydrogens is 354 g/mol. The fourth-order valence-corrected chi connectivity index (χ4v) is 3.22. The summed E-state index contributed by atoms with van der Waals surface area (Å²) in [5.74, 6) is 0.0609. The van der Waals surface area contributed by atoms with Gasteiger partial charge in [-0.25, -0.2) is 4.98 Å². The number of fused-ring (bicyclic) bond motifs is 1. The third kappa shape index (κ3) is 3.85. The molecule has 3 rings (SSSR count). The molecule has 0 N–H and O–H groups in total. The molecule has 134 valence electrons. The molecule has 2 heterocycles. The zero-order valence-electron chi connectivity index (χ0n) is 14.1. The molecule has 26 heavy (non-hydrogen) atoms. The molecule has 8 heteroatoms. The number of hydrogen-bond donors (Lipinski definition) is 0. The molecule has 0 atom stereocenters. The Morgan fingerprint density at radius 1 is 1.31 bits per heavy atom. The Morgan fingerprint density at radius 3 is 2.85 bits per heavy atom. The number of furan rings is 1. The van der Waals surface area contributed by atoms with Gasteiger partial charge in [0.1, 0.15) is 10.7 Å². The van der Waals surface area contributed by atoms with E-state index < -0.39 is 4.92 Å². The topological polar surface area (TPSA) is 91.2 Å². The van der Waals surface area contributed by atoms with Gasteiger partial charge in [0, 0.05) is 6.54 Å². The summed E-state index contributed by atoms with van der Waals surface area (Å²) < 4.78 is 6.76. The van der Waals surface area contributed by atoms with Gasteiger partial charge in [-0.1, -0.05) is 37.2 Å². The zero-order chi connectivity index (χ0) is 18.5. The molecule has 0 aliphatic heterocycles. The van der Waals surface area contributed by atoms with Gasteiger partial charge >= 0.3 is 5.88 Å². The quantitative estimate of drug-likeness (QED) is 0.263. The minimum absolute atomic E-state index is 0.0615. The number of nitro groups is 1. The first-order valence-corrected chi connectivity index (χ1v) is 9.05. The molecular formula is C18H17N3O4S. The van der Waals surface area contributed by atoms with Crippen molar-refractivity contribution in [2.24, 2.45) is 0 Å². The van der Waals surface area contributed by atoms with E-state index >= 15 is 0 Å². The second kappa shape index (κ2) is 8.01. The highest BCUT2D eigenvalue weighted by Gasteiger charge is 2.11. The third-order valence-corrected chi connectivity index (χ3v) is 4.55. The second-order valence-corrected chi connectivity index (χ2v) is 6.45. The lowest BCUT2D eigenvalue weighted by molar-refractivity contribution is -0.402. The Kier molecular flexibility index (Phi) is 5.52. The molecule has 0 saturated carbocycles. The number of thioether (sulfide) groups is 1. The first-order valence-electron chi connectivity index (χ1n) is 8.17. The predicted molar refractivity (Wildman–Crippen MR) is 101 cm³/mol. The normalized spacial score (nSPS) is 11.4. The molecule has 0 bridgehead atoms. The van der Waals surface area contributed by atoms with Crippen molar-refractivity contribution in [2.45, 2.75) is 31.5 Å². The lowest BCUT2D eigenvalue weighted by atomic mass is 10.2. The molecule has 7 nitrogen and oxygen atoms in total. The summed E-state index contributed by atoms with van der Waals surface area (Å²) in [7, 11) is 0. The molecule has 2 aromatic heterocycles. The van der Waals surface area contributed by atoms with Crippen LogP contribution in [-0.2, 0) is 6.54 Å². The third-order valence-electron chi connectivity index (χ3n) is 3.76. The number of hydrogen-bond acceptors (Lipinski definition) is 6. The fourth-order valence-electron chi connectivity index (χ4n) is 2.44. The second-order valence-electron chi connectivity index (χ2n) is 5.58. The van der Waals surface area contributed by atoms with E-state index in [2.05, 4.69) is 11.9 Å². The minimum atomic E-state index is -0.586. The molecule has 1 aromatic carbocycles. The van der Waals surface area contributed by atoms with Crippen molar-refractivity contribution in [1.82, 2.24) is 9.55 Å². The van der Waals surface area contributed by atoms with Crippen LogP contribution in [0, 0.1) is 10.1 Å². The van der Waals surface area contributed by atoms with E-state index in [1.165, 1.54) is 23.9 Å². The molecule has 0 aliphatic rings. The van der Waals surface area contributed by atoms with Crippen LogP contribution in [0.4, 0.5) is 5.88 Å². The van der Waals surface area contributed by atoms with Gasteiger partial charge in [0.05, 0.1) is 17.0 Å². The van der Waals surface area contributed by atoms with Crippen molar-refractivity contribution >= 4 is 34.6 Å². The molecule has 0 aliphatic carbocycles. The van der Waals surface area contributed by atoms with E-state index in [1.54, 1.807) is 22.1 Å². The van der Waals surface area contributed by atoms with Crippen LogP contribution in [0.2, 0.25) is 0 Å². The SMILES string of the molecule is CCCCn1c(S/C=C/c2ccc([N+](=O)[O-])o2)nc2ccccc2c1=O. The largest absolute Gasteiger partial charge is 0.433 e. The Hall–Kier alpha value is -2.87. The van der Waals surface area contributed by atoms with Gasteiger partial charge in [-0.3, -0.25) is 19.5 Å². The van der Waals surface area contributed by atoms with Gasteiger partial charge in [0.25, 0.3) is 5.56 Å². The molecule has 0 saturated heterocycles. The maximum atomic E-state index is 12.8. The van der Waals surface area contributed by atoms with Crippen LogP contribution in [0.15, 0.2) is 56.2 Å². The van der Waals surface area contributed by atoms with Gasteiger partial charge in [0.2, 0.25) is 0 Å². The van der Waals surface area contributed by atoms with Crippen molar-refractivity contribution < 1.29 is 9.34 Å². The first kappa shape index (κ1) is 17.9. The van der Waals surface area contributed by atoms with Crippen LogP contribution in [0.5, 0.6) is 0 Å². The average Bonchev–Trinajstić information content (AvgIpc) is 3.11. The van der Waals surface area contributed by atoms with Crippen molar-refractivity contribution in [3.05, 3.63) is 68.0 Å². The standard InChI is InChI=1S/C18H17N3O4S/c1-2-3-11-20-17(22)14-6-4-5-7-15(14)19-18(20)26-12-10-13-8-9-16(25-13)21(23)24/h4-10,12H,2-3,11H2,1H3/b12-10+. The fraction of sp³-hybridized carbons (Fsp3) is 0.222. The Bertz CT molecular complexity index is 1020. The summed E-state index contributed by atoms with van der Waals surface area (Å²) in [4.78, 5) is 27.4. The Balaban J connectivity index is 1.90. The summed E-state index contributed by atoms with van der Waals surface area (Å²) in [6.07, 6.45) is 3.46. The number of rotatable bonds is 7. The molecule has 0 fully saturated rings. The minimum Gasteiger partial charge on any atom is -0.401 e. The number of benzene rings is 1. The summed E-state index contributed by atoms with van der Waals surface area (Å²) in [6.45, 7) is 2.66. The molecule has 0 spiro atoms. The Labute approximate surface area is 153 Å². The van der Waals surface area contributed by atoms with Gasteiger partial charge in [-0.05, 0) is 36.1 Å². The smallest absolute Gasteiger partial charge is 0.401 e. The summed E-state index contributed by atoms with van der Waals surface area (Å²) in [5, 5.41) is 13.5. The number of para-hydroxylation sites is 1. The number of nitrogens with zero attached hydrogens (tertiary/aromatic N) is 3. The summed E-state index contributed by atoms with van der Waals surface area (Å²) in [5.41, 5.74) is 0.586. The maximum absolute atomic E-state index is 12.8. The van der Waals surface area contributed by atoms with Gasteiger partial charge in [-0.15, -0.1) is 0 Å². The molecule has 3 aromatic rings. The van der Waals surface area contributed by atoms with Crippen molar-refractivity contribution in [1.29, 1.82) is 0 Å². The summed E-state index contributed by atoms with van der Waals surface area (Å²) >= 11 is 1.28. The number of unbranched alkanes of at least 4 members (excludes halogenated alkanes) is 1.